The highest BCUT2D eigenvalue weighted by Crippen LogP contribution is 2.40. The second-order valence-corrected chi connectivity index (χ2v) is 5.72. The van der Waals surface area contributed by atoms with E-state index in [1.54, 1.807) is 0 Å². The summed E-state index contributed by atoms with van der Waals surface area (Å²) in [4.78, 5) is 15.0. The van der Waals surface area contributed by atoms with E-state index in [1.165, 1.54) is 32.1 Å². The van der Waals surface area contributed by atoms with Crippen LogP contribution in [0.1, 0.15) is 58.8 Å². The number of carbonyl (C=O) groups excluding carboxylic acids is 1. The Hall–Kier alpha value is -0.280. The number of hydrogen-bond donors (Lipinski definition) is 1. The third-order valence-electron chi connectivity index (χ3n) is 5.13. The zero-order valence-corrected chi connectivity index (χ0v) is 12.5. The number of nitrogens with zero attached hydrogens (tertiary/aromatic N) is 1. The number of halogens is 1. The van der Waals surface area contributed by atoms with E-state index in [0.29, 0.717) is 24.5 Å². The molecule has 2 bridgehead atoms. The number of nitrogens with two attached hydrogens (primary N) is 1. The Balaban J connectivity index is 0.00000162. The highest BCUT2D eigenvalue weighted by atomic mass is 35.5. The van der Waals surface area contributed by atoms with E-state index >= 15 is 0 Å². The van der Waals surface area contributed by atoms with Crippen molar-refractivity contribution in [1.29, 1.82) is 0 Å². The third kappa shape index (κ3) is 2.39. The molecule has 3 nitrogen and oxygen atoms in total. The first-order valence-corrected chi connectivity index (χ1v) is 7.21. The van der Waals surface area contributed by atoms with E-state index < -0.39 is 0 Å². The topological polar surface area (TPSA) is 46.3 Å². The Morgan fingerprint density at radius 1 is 1.17 bits per heavy atom. The molecule has 0 aromatic carbocycles. The molecule has 2 unspecified atom stereocenters. The van der Waals surface area contributed by atoms with E-state index in [1.807, 2.05) is 0 Å². The lowest BCUT2D eigenvalue weighted by Gasteiger charge is -2.41. The SMILES string of the molecule is CCC(CC)(CN)C(=O)N1C2CCCC1CC2.Cl. The Kier molecular flexibility index (Phi) is 5.47. The monoisotopic (exact) mass is 274 g/mol. The van der Waals surface area contributed by atoms with Crippen LogP contribution in [0.15, 0.2) is 0 Å². The van der Waals surface area contributed by atoms with Crippen molar-refractivity contribution in [3.8, 4) is 0 Å². The minimum atomic E-state index is -0.293. The third-order valence-corrected chi connectivity index (χ3v) is 5.13. The molecule has 0 radical (unpaired) electrons. The molecule has 0 saturated carbocycles. The fourth-order valence-electron chi connectivity index (χ4n) is 3.65. The van der Waals surface area contributed by atoms with Gasteiger partial charge >= 0.3 is 0 Å². The maximum absolute atomic E-state index is 12.8. The first kappa shape index (κ1) is 15.8. The van der Waals surface area contributed by atoms with E-state index in [-0.39, 0.29) is 17.8 Å². The molecule has 2 heterocycles. The summed E-state index contributed by atoms with van der Waals surface area (Å²) in [7, 11) is 0. The van der Waals surface area contributed by atoms with Crippen LogP contribution in [0.25, 0.3) is 0 Å². The second kappa shape index (κ2) is 6.25. The van der Waals surface area contributed by atoms with Crippen molar-refractivity contribution in [1.82, 2.24) is 4.90 Å². The van der Waals surface area contributed by atoms with Crippen LogP contribution in [0.5, 0.6) is 0 Å². The van der Waals surface area contributed by atoms with E-state index in [0.717, 1.165) is 12.8 Å². The number of amides is 1. The Labute approximate surface area is 117 Å². The predicted octanol–water partition coefficient (Wildman–Crippen LogP) is 2.72. The standard InChI is InChI=1S/C14H26N2O.ClH/c1-3-14(4-2,10-15)13(17)16-11-6-5-7-12(16)9-8-11;/h11-12H,3-10,15H2,1-2H3;1H. The van der Waals surface area contributed by atoms with Gasteiger partial charge in [-0.3, -0.25) is 4.79 Å². The van der Waals surface area contributed by atoms with Gasteiger partial charge in [0.25, 0.3) is 0 Å². The average Bonchev–Trinajstić information content (AvgIpc) is 2.61. The van der Waals surface area contributed by atoms with Crippen molar-refractivity contribution in [3.63, 3.8) is 0 Å². The number of carbonyl (C=O) groups is 1. The van der Waals surface area contributed by atoms with Crippen LogP contribution < -0.4 is 5.73 Å². The van der Waals surface area contributed by atoms with Gasteiger partial charge < -0.3 is 10.6 Å². The van der Waals surface area contributed by atoms with Crippen LogP contribution in [0, 0.1) is 5.41 Å². The molecule has 2 N–H and O–H groups in total. The van der Waals surface area contributed by atoms with Gasteiger partial charge in [-0.1, -0.05) is 13.8 Å². The summed E-state index contributed by atoms with van der Waals surface area (Å²) in [6.07, 6.45) is 7.87. The van der Waals surface area contributed by atoms with Gasteiger partial charge in [-0.25, -0.2) is 0 Å². The van der Waals surface area contributed by atoms with Gasteiger partial charge in [0.15, 0.2) is 0 Å². The van der Waals surface area contributed by atoms with Crippen molar-refractivity contribution >= 4 is 18.3 Å². The molecule has 2 saturated heterocycles. The van der Waals surface area contributed by atoms with E-state index in [4.69, 9.17) is 5.73 Å². The van der Waals surface area contributed by atoms with Crippen molar-refractivity contribution < 1.29 is 4.79 Å². The first-order valence-electron chi connectivity index (χ1n) is 7.21. The van der Waals surface area contributed by atoms with Crippen LogP contribution in [0.3, 0.4) is 0 Å². The first-order chi connectivity index (χ1) is 8.18. The highest BCUT2D eigenvalue weighted by Gasteiger charge is 2.46. The molecular formula is C14H27ClN2O. The van der Waals surface area contributed by atoms with Gasteiger partial charge in [-0.05, 0) is 44.9 Å². The van der Waals surface area contributed by atoms with Crippen molar-refractivity contribution in [2.45, 2.75) is 70.9 Å². The summed E-state index contributed by atoms with van der Waals surface area (Å²) < 4.78 is 0. The maximum atomic E-state index is 12.8. The van der Waals surface area contributed by atoms with Crippen molar-refractivity contribution in [2.75, 3.05) is 6.54 Å². The van der Waals surface area contributed by atoms with Crippen LogP contribution >= 0.6 is 12.4 Å². The van der Waals surface area contributed by atoms with Gasteiger partial charge in [-0.15, -0.1) is 12.4 Å². The lowest BCUT2D eigenvalue weighted by atomic mass is 9.80. The fraction of sp³-hybridized carbons (Fsp3) is 0.929. The molecule has 0 aliphatic carbocycles. The lowest BCUT2D eigenvalue weighted by molar-refractivity contribution is -0.146. The van der Waals surface area contributed by atoms with Gasteiger partial charge in [0.1, 0.15) is 0 Å². The summed E-state index contributed by atoms with van der Waals surface area (Å²) in [5.74, 6) is 0.345. The van der Waals surface area contributed by atoms with Gasteiger partial charge in [0, 0.05) is 18.6 Å². The fourth-order valence-corrected chi connectivity index (χ4v) is 3.65. The summed E-state index contributed by atoms with van der Waals surface area (Å²) in [5.41, 5.74) is 5.61. The second-order valence-electron chi connectivity index (χ2n) is 5.72. The lowest BCUT2D eigenvalue weighted by Crippen LogP contribution is -2.53. The minimum Gasteiger partial charge on any atom is -0.336 e. The van der Waals surface area contributed by atoms with Crippen LogP contribution in [0.2, 0.25) is 0 Å². The molecule has 18 heavy (non-hydrogen) atoms. The number of rotatable bonds is 4. The predicted molar refractivity (Wildman–Crippen MR) is 76.8 cm³/mol. The molecule has 106 valence electrons. The molecular weight excluding hydrogens is 248 g/mol. The van der Waals surface area contributed by atoms with Crippen molar-refractivity contribution in [2.24, 2.45) is 11.1 Å². The van der Waals surface area contributed by atoms with Crippen LogP contribution in [-0.4, -0.2) is 29.4 Å². The minimum absolute atomic E-state index is 0. The number of hydrogen-bond acceptors (Lipinski definition) is 2. The summed E-state index contributed by atoms with van der Waals surface area (Å²) in [5, 5.41) is 0. The normalized spacial score (nSPS) is 26.9. The molecule has 0 spiro atoms. The zero-order chi connectivity index (χ0) is 12.5. The van der Waals surface area contributed by atoms with Gasteiger partial charge in [-0.2, -0.15) is 0 Å². The highest BCUT2D eigenvalue weighted by molar-refractivity contribution is 5.85. The largest absolute Gasteiger partial charge is 0.336 e. The summed E-state index contributed by atoms with van der Waals surface area (Å²) >= 11 is 0. The molecule has 4 heteroatoms. The molecule has 2 aliphatic heterocycles. The Morgan fingerprint density at radius 3 is 2.06 bits per heavy atom. The van der Waals surface area contributed by atoms with Crippen LogP contribution in [0.4, 0.5) is 0 Å². The maximum Gasteiger partial charge on any atom is 0.230 e. The summed E-state index contributed by atoms with van der Waals surface area (Å²) in [6, 6.07) is 1.04. The number of fused-ring (bicyclic) bond motifs is 2. The Morgan fingerprint density at radius 2 is 1.67 bits per heavy atom. The average molecular weight is 275 g/mol. The summed E-state index contributed by atoms with van der Waals surface area (Å²) in [6.45, 7) is 4.69. The van der Waals surface area contributed by atoms with E-state index in [9.17, 15) is 4.79 Å². The quantitative estimate of drug-likeness (QED) is 0.857. The number of piperidine rings is 1. The molecule has 2 aliphatic rings. The molecule has 2 fully saturated rings. The molecule has 1 amide bonds. The van der Waals surface area contributed by atoms with Gasteiger partial charge in [0.05, 0.1) is 5.41 Å². The van der Waals surface area contributed by atoms with Crippen LogP contribution in [-0.2, 0) is 4.79 Å². The molecule has 2 atom stereocenters. The van der Waals surface area contributed by atoms with Gasteiger partial charge in [0.2, 0.25) is 5.91 Å². The molecule has 0 aromatic rings. The zero-order valence-electron chi connectivity index (χ0n) is 11.7. The van der Waals surface area contributed by atoms with Crippen molar-refractivity contribution in [3.05, 3.63) is 0 Å². The smallest absolute Gasteiger partial charge is 0.230 e. The Bertz CT molecular complexity index is 267. The molecule has 2 rings (SSSR count). The molecule has 0 aromatic heterocycles. The van der Waals surface area contributed by atoms with E-state index in [2.05, 4.69) is 18.7 Å².